The van der Waals surface area contributed by atoms with Crippen molar-refractivity contribution in [3.8, 4) is 0 Å². The number of nitrogens with zero attached hydrogens (tertiary/aromatic N) is 2. The van der Waals surface area contributed by atoms with Crippen LogP contribution in [0.1, 0.15) is 24.5 Å². The van der Waals surface area contributed by atoms with Crippen LogP contribution < -0.4 is 5.32 Å². The van der Waals surface area contributed by atoms with Crippen molar-refractivity contribution in [2.24, 2.45) is 0 Å². The monoisotopic (exact) mass is 291 g/mol. The molecule has 0 saturated carbocycles. The van der Waals surface area contributed by atoms with E-state index in [0.717, 1.165) is 39.1 Å². The van der Waals surface area contributed by atoms with Gasteiger partial charge in [0.05, 0.1) is 12.7 Å². The van der Waals surface area contributed by atoms with Crippen molar-refractivity contribution in [3.63, 3.8) is 0 Å². The fraction of sp³-hybridized carbons (Fsp3) is 0.625. The summed E-state index contributed by atoms with van der Waals surface area (Å²) < 4.78 is 5.68. The maximum absolute atomic E-state index is 10.9. The van der Waals surface area contributed by atoms with Crippen molar-refractivity contribution in [3.05, 3.63) is 29.6 Å². The highest BCUT2D eigenvalue weighted by molar-refractivity contribution is 5.72. The molecule has 2 rings (SSSR count). The predicted octanol–water partition coefficient (Wildman–Crippen LogP) is 1.16. The second kappa shape index (κ2) is 8.10. The lowest BCUT2D eigenvalue weighted by Crippen LogP contribution is -2.47. The van der Waals surface area contributed by atoms with Crippen LogP contribution >= 0.6 is 0 Å². The number of ether oxygens (including phenoxy) is 1. The first-order valence-corrected chi connectivity index (χ1v) is 7.63. The standard InChI is InChI=1S/C16H25N3O2/c1-13-5-6-17-10-15(13)4-3-7-19-8-9-21-16(12-19)11-18-14(2)20/h5-6,10,16H,3-4,7-9,11-12H2,1-2H3,(H,18,20). The lowest BCUT2D eigenvalue weighted by Gasteiger charge is -2.33. The van der Waals surface area contributed by atoms with Gasteiger partial charge in [0.25, 0.3) is 0 Å². The molecule has 5 heteroatoms. The van der Waals surface area contributed by atoms with E-state index in [1.54, 1.807) is 0 Å². The van der Waals surface area contributed by atoms with E-state index in [9.17, 15) is 4.79 Å². The van der Waals surface area contributed by atoms with Gasteiger partial charge in [0.1, 0.15) is 0 Å². The van der Waals surface area contributed by atoms with E-state index < -0.39 is 0 Å². The molecule has 1 aliphatic heterocycles. The van der Waals surface area contributed by atoms with Gasteiger partial charge in [-0.05, 0) is 43.5 Å². The molecule has 1 aliphatic rings. The van der Waals surface area contributed by atoms with Gasteiger partial charge < -0.3 is 10.1 Å². The summed E-state index contributed by atoms with van der Waals surface area (Å²) in [6.45, 7) is 7.96. The van der Waals surface area contributed by atoms with Crippen molar-refractivity contribution >= 4 is 5.91 Å². The molecular formula is C16H25N3O2. The van der Waals surface area contributed by atoms with Crippen LogP contribution in [0.25, 0.3) is 0 Å². The Kier molecular flexibility index (Phi) is 6.14. The molecule has 1 aromatic heterocycles. The highest BCUT2D eigenvalue weighted by Crippen LogP contribution is 2.10. The van der Waals surface area contributed by atoms with Gasteiger partial charge >= 0.3 is 0 Å². The van der Waals surface area contributed by atoms with Gasteiger partial charge in [0.15, 0.2) is 0 Å². The fourth-order valence-electron chi connectivity index (χ4n) is 2.62. The molecule has 1 unspecified atom stereocenters. The Morgan fingerprint density at radius 1 is 1.57 bits per heavy atom. The zero-order valence-electron chi connectivity index (χ0n) is 13.0. The molecular weight excluding hydrogens is 266 g/mol. The summed E-state index contributed by atoms with van der Waals surface area (Å²) in [5, 5.41) is 2.83. The summed E-state index contributed by atoms with van der Waals surface area (Å²) in [4.78, 5) is 17.6. The Bertz CT molecular complexity index is 465. The van der Waals surface area contributed by atoms with Gasteiger partial charge in [-0.2, -0.15) is 0 Å². The third-order valence-electron chi connectivity index (χ3n) is 3.87. The molecule has 1 aromatic rings. The average molecular weight is 291 g/mol. The summed E-state index contributed by atoms with van der Waals surface area (Å²) in [6, 6.07) is 2.06. The summed E-state index contributed by atoms with van der Waals surface area (Å²) >= 11 is 0. The minimum atomic E-state index is 0.00257. The first-order chi connectivity index (χ1) is 10.1. The maximum Gasteiger partial charge on any atom is 0.216 e. The zero-order valence-corrected chi connectivity index (χ0v) is 13.0. The second-order valence-electron chi connectivity index (χ2n) is 5.64. The number of aryl methyl sites for hydroxylation is 2. The Labute approximate surface area is 126 Å². The van der Waals surface area contributed by atoms with Crippen LogP contribution in [0.5, 0.6) is 0 Å². The SMILES string of the molecule is CC(=O)NCC1CN(CCCc2cnccc2C)CCO1. The van der Waals surface area contributed by atoms with E-state index in [2.05, 4.69) is 28.2 Å². The molecule has 21 heavy (non-hydrogen) atoms. The minimum Gasteiger partial charge on any atom is -0.374 e. The molecule has 0 aliphatic carbocycles. The van der Waals surface area contributed by atoms with Gasteiger partial charge in [-0.1, -0.05) is 0 Å². The average Bonchev–Trinajstić information content (AvgIpc) is 2.48. The van der Waals surface area contributed by atoms with Crippen LogP contribution in [0.15, 0.2) is 18.5 Å². The molecule has 0 radical (unpaired) electrons. The summed E-state index contributed by atoms with van der Waals surface area (Å²) in [7, 11) is 0. The third kappa shape index (κ3) is 5.44. The van der Waals surface area contributed by atoms with Gasteiger partial charge in [0, 0.05) is 39.0 Å². The van der Waals surface area contributed by atoms with Crippen molar-refractivity contribution in [2.75, 3.05) is 32.8 Å². The highest BCUT2D eigenvalue weighted by atomic mass is 16.5. The molecule has 0 bridgehead atoms. The Morgan fingerprint density at radius 3 is 3.19 bits per heavy atom. The van der Waals surface area contributed by atoms with Gasteiger partial charge in [0.2, 0.25) is 5.91 Å². The number of amides is 1. The molecule has 5 nitrogen and oxygen atoms in total. The Hall–Kier alpha value is -1.46. The summed E-state index contributed by atoms with van der Waals surface area (Å²) in [6.07, 6.45) is 6.11. The summed E-state index contributed by atoms with van der Waals surface area (Å²) in [5.41, 5.74) is 2.65. The number of rotatable bonds is 6. The molecule has 116 valence electrons. The number of pyridine rings is 1. The lowest BCUT2D eigenvalue weighted by molar-refractivity contribution is -0.120. The molecule has 1 atom stereocenters. The predicted molar refractivity (Wildman–Crippen MR) is 82.2 cm³/mol. The third-order valence-corrected chi connectivity index (χ3v) is 3.87. The largest absolute Gasteiger partial charge is 0.374 e. The molecule has 0 aromatic carbocycles. The number of carbonyl (C=O) groups excluding carboxylic acids is 1. The zero-order chi connectivity index (χ0) is 15.1. The van der Waals surface area contributed by atoms with E-state index in [4.69, 9.17) is 4.74 Å². The second-order valence-corrected chi connectivity index (χ2v) is 5.64. The maximum atomic E-state index is 10.9. The van der Waals surface area contributed by atoms with E-state index >= 15 is 0 Å². The number of morpholine rings is 1. The van der Waals surface area contributed by atoms with Crippen LogP contribution in [0, 0.1) is 6.92 Å². The van der Waals surface area contributed by atoms with Crippen LogP contribution in [-0.2, 0) is 16.0 Å². The van der Waals surface area contributed by atoms with Crippen LogP contribution in [0.2, 0.25) is 0 Å². The van der Waals surface area contributed by atoms with Crippen molar-refractivity contribution < 1.29 is 9.53 Å². The number of hydrogen-bond donors (Lipinski definition) is 1. The van der Waals surface area contributed by atoms with Crippen molar-refractivity contribution in [1.29, 1.82) is 0 Å². The first-order valence-electron chi connectivity index (χ1n) is 7.63. The van der Waals surface area contributed by atoms with Crippen LogP contribution in [0.4, 0.5) is 0 Å². The van der Waals surface area contributed by atoms with Crippen molar-refractivity contribution in [1.82, 2.24) is 15.2 Å². The normalized spacial score (nSPS) is 19.4. The fourth-order valence-corrected chi connectivity index (χ4v) is 2.62. The first kappa shape index (κ1) is 15.9. The number of aromatic nitrogens is 1. The van der Waals surface area contributed by atoms with Crippen LogP contribution in [0.3, 0.4) is 0 Å². The lowest BCUT2D eigenvalue weighted by atomic mass is 10.1. The van der Waals surface area contributed by atoms with E-state index in [0.29, 0.717) is 6.54 Å². The van der Waals surface area contributed by atoms with E-state index in [-0.39, 0.29) is 12.0 Å². The Balaban J connectivity index is 1.70. The summed E-state index contributed by atoms with van der Waals surface area (Å²) in [5.74, 6) is 0.00257. The minimum absolute atomic E-state index is 0.00257. The van der Waals surface area contributed by atoms with Crippen LogP contribution in [-0.4, -0.2) is 54.7 Å². The Morgan fingerprint density at radius 2 is 2.43 bits per heavy atom. The topological polar surface area (TPSA) is 54.5 Å². The van der Waals surface area contributed by atoms with Gasteiger partial charge in [-0.25, -0.2) is 0 Å². The number of carbonyl (C=O) groups is 1. The quantitative estimate of drug-likeness (QED) is 0.854. The number of hydrogen-bond acceptors (Lipinski definition) is 4. The molecule has 2 heterocycles. The van der Waals surface area contributed by atoms with Gasteiger partial charge in [-0.3, -0.25) is 14.7 Å². The highest BCUT2D eigenvalue weighted by Gasteiger charge is 2.20. The molecule has 1 saturated heterocycles. The molecule has 1 N–H and O–H groups in total. The molecule has 1 amide bonds. The smallest absolute Gasteiger partial charge is 0.216 e. The van der Waals surface area contributed by atoms with E-state index in [1.807, 2.05) is 12.4 Å². The van der Waals surface area contributed by atoms with Crippen molar-refractivity contribution in [2.45, 2.75) is 32.8 Å². The molecule has 0 spiro atoms. The molecule has 1 fully saturated rings. The number of nitrogens with one attached hydrogen (secondary N) is 1. The van der Waals surface area contributed by atoms with E-state index in [1.165, 1.54) is 18.1 Å². The van der Waals surface area contributed by atoms with Gasteiger partial charge in [-0.15, -0.1) is 0 Å².